The van der Waals surface area contributed by atoms with Crippen molar-refractivity contribution in [1.29, 1.82) is 0 Å². The predicted molar refractivity (Wildman–Crippen MR) is 330 cm³/mol. The number of fused-ring (bicyclic) bond motifs is 19. The zero-order valence-electron chi connectivity index (χ0n) is 42.6. The Hall–Kier alpha value is -10.5. The highest BCUT2D eigenvalue weighted by molar-refractivity contribution is 6.99. The fourth-order valence-corrected chi connectivity index (χ4v) is 14.1. The van der Waals surface area contributed by atoms with Crippen molar-refractivity contribution in [3.05, 3.63) is 267 Å². The van der Waals surface area contributed by atoms with E-state index in [-0.39, 0.29) is 6.71 Å². The SMILES string of the molecule is c1ccc(N2c3ccccc3B3c4ccc(-n5c6ccccc6c6c7c(c8ccccc8n7-c7ccccc7)c7c(c8ccccc8n7-c7ccccc7)c65)cc4Oc4cc(-n5c6ccccc6c6ccccc65)cc2c43)cc1. The largest absolute Gasteiger partial charge is 0.458 e. The van der Waals surface area contributed by atoms with Crippen LogP contribution >= 0.6 is 0 Å². The Bertz CT molecular complexity index is 5120. The van der Waals surface area contributed by atoms with Crippen molar-refractivity contribution in [2.75, 3.05) is 4.90 Å². The van der Waals surface area contributed by atoms with Crippen molar-refractivity contribution in [3.63, 3.8) is 0 Å². The number of para-hydroxylation sites is 9. The number of aromatic nitrogens is 4. The maximum atomic E-state index is 7.59. The number of nitrogens with zero attached hydrogens (tertiary/aromatic N) is 5. The molecule has 2 aliphatic rings. The molecule has 366 valence electrons. The molecule has 6 nitrogen and oxygen atoms in total. The molecule has 0 fully saturated rings. The fourth-order valence-electron chi connectivity index (χ4n) is 14.1. The molecule has 0 amide bonds. The third-order valence-electron chi connectivity index (χ3n) is 17.1. The van der Waals surface area contributed by atoms with Crippen molar-refractivity contribution < 1.29 is 4.74 Å². The van der Waals surface area contributed by atoms with E-state index in [0.29, 0.717) is 0 Å². The molecule has 0 saturated heterocycles. The van der Waals surface area contributed by atoms with Gasteiger partial charge in [0.2, 0.25) is 0 Å². The molecule has 0 unspecified atom stereocenters. The minimum absolute atomic E-state index is 0.0962. The fraction of sp³-hybridized carbons (Fsp3) is 0. The minimum atomic E-state index is -0.0962. The topological polar surface area (TPSA) is 32.2 Å². The first kappa shape index (κ1) is 42.7. The molecule has 0 saturated carbocycles. The van der Waals surface area contributed by atoms with Gasteiger partial charge in [0.25, 0.3) is 6.71 Å². The van der Waals surface area contributed by atoms with Gasteiger partial charge in [-0.05, 0) is 101 Å². The molecular weight excluding hydrogens is 962 g/mol. The summed E-state index contributed by atoms with van der Waals surface area (Å²) >= 11 is 0. The molecule has 0 atom stereocenters. The van der Waals surface area contributed by atoms with Crippen LogP contribution in [0.5, 0.6) is 11.5 Å². The van der Waals surface area contributed by atoms with Crippen LogP contribution in [0.3, 0.4) is 0 Å². The number of hydrogen-bond donors (Lipinski definition) is 0. The van der Waals surface area contributed by atoms with Crippen LogP contribution in [-0.2, 0) is 0 Å². The van der Waals surface area contributed by atoms with Gasteiger partial charge in [0.1, 0.15) is 11.5 Å². The van der Waals surface area contributed by atoms with E-state index in [0.717, 1.165) is 89.8 Å². The molecule has 7 heteroatoms. The average Bonchev–Trinajstić information content (AvgIpc) is 4.19. The summed E-state index contributed by atoms with van der Waals surface area (Å²) in [7, 11) is 0. The summed E-state index contributed by atoms with van der Waals surface area (Å²) in [5.41, 5.74) is 20.5. The molecule has 16 aromatic rings. The van der Waals surface area contributed by atoms with E-state index in [9.17, 15) is 0 Å². The van der Waals surface area contributed by atoms with Crippen LogP contribution in [0.4, 0.5) is 17.1 Å². The van der Waals surface area contributed by atoms with Gasteiger partial charge < -0.3 is 27.9 Å². The lowest BCUT2D eigenvalue weighted by Crippen LogP contribution is -2.59. The normalized spacial score (nSPS) is 12.9. The summed E-state index contributed by atoms with van der Waals surface area (Å²) in [4.78, 5) is 2.44. The molecule has 18 rings (SSSR count). The van der Waals surface area contributed by atoms with Gasteiger partial charge >= 0.3 is 0 Å². The number of anilines is 3. The van der Waals surface area contributed by atoms with Gasteiger partial charge in [0, 0.05) is 89.3 Å². The van der Waals surface area contributed by atoms with Crippen LogP contribution < -0.4 is 26.0 Å². The van der Waals surface area contributed by atoms with Crippen molar-refractivity contribution in [2.45, 2.75) is 0 Å². The quantitative estimate of drug-likeness (QED) is 0.161. The van der Waals surface area contributed by atoms with Crippen molar-refractivity contribution in [3.8, 4) is 34.2 Å². The molecule has 0 bridgehead atoms. The van der Waals surface area contributed by atoms with Crippen molar-refractivity contribution in [1.82, 2.24) is 18.3 Å². The summed E-state index contributed by atoms with van der Waals surface area (Å²) in [6.07, 6.45) is 0. The van der Waals surface area contributed by atoms with E-state index in [1.165, 1.54) is 65.1 Å². The second-order valence-electron chi connectivity index (χ2n) is 21.1. The van der Waals surface area contributed by atoms with Crippen LogP contribution in [0.15, 0.2) is 267 Å². The van der Waals surface area contributed by atoms with E-state index in [1.807, 2.05) is 0 Å². The summed E-state index contributed by atoms with van der Waals surface area (Å²) < 4.78 is 17.6. The molecule has 0 spiro atoms. The van der Waals surface area contributed by atoms with Crippen LogP contribution in [0.25, 0.3) is 110 Å². The Balaban J connectivity index is 0.962. The van der Waals surface area contributed by atoms with E-state index >= 15 is 0 Å². The highest BCUT2D eigenvalue weighted by atomic mass is 16.5. The monoisotopic (exact) mass is 1010 g/mol. The maximum absolute atomic E-state index is 7.59. The molecule has 2 aliphatic heterocycles. The van der Waals surface area contributed by atoms with Crippen molar-refractivity contribution >= 4 is 127 Å². The minimum Gasteiger partial charge on any atom is -0.458 e. The molecule has 0 radical (unpaired) electrons. The molecule has 6 heterocycles. The van der Waals surface area contributed by atoms with Gasteiger partial charge in [-0.2, -0.15) is 0 Å². The molecule has 0 N–H and O–H groups in total. The summed E-state index contributed by atoms with van der Waals surface area (Å²) in [5, 5.41) is 9.68. The lowest BCUT2D eigenvalue weighted by atomic mass is 9.34. The lowest BCUT2D eigenvalue weighted by molar-refractivity contribution is 0.487. The number of ether oxygens (including phenoxy) is 1. The van der Waals surface area contributed by atoms with Gasteiger partial charge in [0.05, 0.1) is 49.8 Å². The zero-order chi connectivity index (χ0) is 51.4. The summed E-state index contributed by atoms with van der Waals surface area (Å²) in [5.74, 6) is 1.70. The van der Waals surface area contributed by atoms with E-state index in [1.54, 1.807) is 0 Å². The number of benzene rings is 12. The van der Waals surface area contributed by atoms with Gasteiger partial charge in [-0.15, -0.1) is 0 Å². The Morgan fingerprint density at radius 3 is 1.19 bits per heavy atom. The Morgan fingerprint density at radius 1 is 0.266 bits per heavy atom. The second kappa shape index (κ2) is 16.0. The standard InChI is InChI=1S/C72H44BN5O/c1-4-22-45(23-5-1)74-62-39-21-15-33-55(62)73-56-41-40-48(43-64(56)79-65-44-49(42-63(74)69(65)73)75-57-34-16-10-28-50(57)51-29-11-17-35-58(51)75)78-61-38-20-14-32-54(61)68-71-66(52-30-12-18-36-59(52)76(71)46-24-6-2-7-25-46)70-67(72(68)78)53-31-13-19-37-60(53)77(70)47-26-8-3-9-27-47/h1-44H. The molecule has 79 heavy (non-hydrogen) atoms. The Morgan fingerprint density at radius 2 is 0.671 bits per heavy atom. The first-order valence-corrected chi connectivity index (χ1v) is 27.2. The Kier molecular flexibility index (Phi) is 8.66. The first-order chi connectivity index (χ1) is 39.3. The first-order valence-electron chi connectivity index (χ1n) is 27.2. The van der Waals surface area contributed by atoms with E-state index < -0.39 is 0 Å². The average molecular weight is 1010 g/mol. The highest BCUT2D eigenvalue weighted by Gasteiger charge is 2.43. The highest BCUT2D eigenvalue weighted by Crippen LogP contribution is 2.51. The number of rotatable bonds is 5. The zero-order valence-corrected chi connectivity index (χ0v) is 42.6. The molecular formula is C72H44BN5O. The van der Waals surface area contributed by atoms with Crippen LogP contribution in [0.2, 0.25) is 0 Å². The van der Waals surface area contributed by atoms with Gasteiger partial charge in [-0.25, -0.2) is 0 Å². The van der Waals surface area contributed by atoms with Gasteiger partial charge in [0.15, 0.2) is 0 Å². The summed E-state index contributed by atoms with van der Waals surface area (Å²) in [6, 6.07) is 97.7. The molecule has 4 aromatic heterocycles. The second-order valence-corrected chi connectivity index (χ2v) is 21.1. The lowest BCUT2D eigenvalue weighted by Gasteiger charge is -2.40. The number of hydrogen-bond acceptors (Lipinski definition) is 2. The third-order valence-corrected chi connectivity index (χ3v) is 17.1. The van der Waals surface area contributed by atoms with E-state index in [4.69, 9.17) is 4.74 Å². The van der Waals surface area contributed by atoms with Crippen molar-refractivity contribution in [2.24, 2.45) is 0 Å². The van der Waals surface area contributed by atoms with Gasteiger partial charge in [-0.1, -0.05) is 170 Å². The smallest absolute Gasteiger partial charge is 0.256 e. The van der Waals surface area contributed by atoms with Crippen LogP contribution in [0.1, 0.15) is 0 Å². The third kappa shape index (κ3) is 5.75. The van der Waals surface area contributed by atoms with Crippen LogP contribution in [-0.4, -0.2) is 25.0 Å². The van der Waals surface area contributed by atoms with E-state index in [2.05, 4.69) is 290 Å². The molecule has 12 aromatic carbocycles. The molecule has 0 aliphatic carbocycles. The van der Waals surface area contributed by atoms with Gasteiger partial charge in [-0.3, -0.25) is 0 Å². The maximum Gasteiger partial charge on any atom is 0.256 e. The summed E-state index contributed by atoms with van der Waals surface area (Å²) in [6.45, 7) is -0.0962. The van der Waals surface area contributed by atoms with Crippen LogP contribution in [0, 0.1) is 0 Å². The Labute approximate surface area is 454 Å². The predicted octanol–water partition coefficient (Wildman–Crippen LogP) is 16.5.